The number of nitrogens with zero attached hydrogens (tertiary/aromatic N) is 4. The van der Waals surface area contributed by atoms with E-state index in [0.29, 0.717) is 5.92 Å². The Morgan fingerprint density at radius 3 is 2.85 bits per heavy atom. The summed E-state index contributed by atoms with van der Waals surface area (Å²) in [6.45, 7) is 4.21. The lowest BCUT2D eigenvalue weighted by Crippen LogP contribution is -1.94. The first-order valence-corrected chi connectivity index (χ1v) is 4.21. The molecule has 0 spiro atoms. The molecule has 0 aliphatic rings. The smallest absolute Gasteiger partial charge is 0.115 e. The normalized spacial score (nSPS) is 11.0. The number of hydrogen-bond acceptors (Lipinski definition) is 4. The van der Waals surface area contributed by atoms with Gasteiger partial charge in [-0.1, -0.05) is 13.8 Å². The quantitative estimate of drug-likeness (QED) is 0.658. The Morgan fingerprint density at radius 2 is 2.08 bits per heavy atom. The Kier molecular flexibility index (Phi) is 1.88. The number of rotatable bonds is 1. The summed E-state index contributed by atoms with van der Waals surface area (Å²) in [6.07, 6.45) is 3.44. The van der Waals surface area contributed by atoms with Crippen molar-refractivity contribution in [3.8, 4) is 0 Å². The molecule has 0 bridgehead atoms. The number of hydrogen-bond donors (Lipinski definition) is 0. The zero-order valence-electron chi connectivity index (χ0n) is 7.60. The van der Waals surface area contributed by atoms with Crippen molar-refractivity contribution in [2.24, 2.45) is 0 Å². The highest BCUT2D eigenvalue weighted by Crippen LogP contribution is 2.15. The Bertz CT molecular complexity index is 425. The lowest BCUT2D eigenvalue weighted by Gasteiger charge is -2.03. The average Bonchev–Trinajstić information content (AvgIpc) is 2.17. The van der Waals surface area contributed by atoms with E-state index in [0.717, 1.165) is 16.6 Å². The van der Waals surface area contributed by atoms with Gasteiger partial charge in [0.15, 0.2) is 0 Å². The van der Waals surface area contributed by atoms with Crippen molar-refractivity contribution in [1.82, 2.24) is 20.4 Å². The van der Waals surface area contributed by atoms with Gasteiger partial charge in [0, 0.05) is 11.1 Å². The van der Waals surface area contributed by atoms with Crippen molar-refractivity contribution in [1.29, 1.82) is 0 Å². The second-order valence-electron chi connectivity index (χ2n) is 3.26. The van der Waals surface area contributed by atoms with Gasteiger partial charge in [-0.25, -0.2) is 0 Å². The van der Waals surface area contributed by atoms with Crippen molar-refractivity contribution in [3.05, 3.63) is 24.2 Å². The Morgan fingerprint density at radius 1 is 1.23 bits per heavy atom. The van der Waals surface area contributed by atoms with Gasteiger partial charge in [0.05, 0.1) is 12.4 Å². The van der Waals surface area contributed by atoms with E-state index in [-0.39, 0.29) is 0 Å². The number of aromatic nitrogens is 4. The Balaban J connectivity index is 2.62. The summed E-state index contributed by atoms with van der Waals surface area (Å²) in [5, 5.41) is 12.1. The Labute approximate surface area is 76.0 Å². The molecule has 13 heavy (non-hydrogen) atoms. The van der Waals surface area contributed by atoms with Crippen molar-refractivity contribution in [3.63, 3.8) is 0 Å². The van der Waals surface area contributed by atoms with E-state index in [1.165, 1.54) is 0 Å². The van der Waals surface area contributed by atoms with E-state index in [4.69, 9.17) is 0 Å². The molecular formula is C9H10N4. The van der Waals surface area contributed by atoms with Crippen molar-refractivity contribution in [2.75, 3.05) is 0 Å². The highest BCUT2D eigenvalue weighted by molar-refractivity contribution is 5.76. The van der Waals surface area contributed by atoms with Gasteiger partial charge in [-0.05, 0) is 17.2 Å². The maximum atomic E-state index is 4.28. The summed E-state index contributed by atoms with van der Waals surface area (Å²) in [4.78, 5) is 4.28. The predicted molar refractivity (Wildman–Crippen MR) is 49.2 cm³/mol. The van der Waals surface area contributed by atoms with Gasteiger partial charge >= 0.3 is 0 Å². The van der Waals surface area contributed by atoms with Crippen LogP contribution in [0.2, 0.25) is 0 Å². The van der Waals surface area contributed by atoms with Crippen molar-refractivity contribution in [2.45, 2.75) is 19.8 Å². The third-order valence-electron chi connectivity index (χ3n) is 1.93. The molecule has 0 fully saturated rings. The molecule has 4 heteroatoms. The first-order chi connectivity index (χ1) is 6.27. The number of pyridine rings is 1. The molecule has 0 atom stereocenters. The molecule has 0 unspecified atom stereocenters. The molecule has 0 aliphatic heterocycles. The van der Waals surface area contributed by atoms with Crippen molar-refractivity contribution >= 4 is 10.9 Å². The van der Waals surface area contributed by atoms with Crippen LogP contribution < -0.4 is 0 Å². The van der Waals surface area contributed by atoms with Gasteiger partial charge < -0.3 is 0 Å². The van der Waals surface area contributed by atoms with Crippen LogP contribution in [-0.2, 0) is 0 Å². The van der Waals surface area contributed by atoms with Crippen LogP contribution in [0.25, 0.3) is 10.9 Å². The van der Waals surface area contributed by atoms with E-state index in [9.17, 15) is 0 Å². The maximum Gasteiger partial charge on any atom is 0.115 e. The molecule has 0 radical (unpaired) electrons. The molecule has 66 valence electrons. The second kappa shape index (κ2) is 3.05. The van der Waals surface area contributed by atoms with Gasteiger partial charge in [0.1, 0.15) is 5.52 Å². The summed E-state index contributed by atoms with van der Waals surface area (Å²) in [7, 11) is 0. The van der Waals surface area contributed by atoms with E-state index in [1.54, 1.807) is 12.4 Å². The van der Waals surface area contributed by atoms with Crippen LogP contribution in [0.3, 0.4) is 0 Å². The summed E-state index contributed by atoms with van der Waals surface area (Å²) >= 11 is 0. The molecule has 0 amide bonds. The lowest BCUT2D eigenvalue weighted by atomic mass is 10.1. The third kappa shape index (κ3) is 1.47. The summed E-state index contributed by atoms with van der Waals surface area (Å²) in [5.74, 6) is 0.428. The van der Waals surface area contributed by atoms with Crippen LogP contribution in [0, 0.1) is 0 Å². The first-order valence-electron chi connectivity index (χ1n) is 4.21. The molecule has 2 aromatic heterocycles. The summed E-state index contributed by atoms with van der Waals surface area (Å²) in [6, 6.07) is 2.00. The molecule has 0 N–H and O–H groups in total. The van der Waals surface area contributed by atoms with Crippen LogP contribution in [0.4, 0.5) is 0 Å². The van der Waals surface area contributed by atoms with Crippen molar-refractivity contribution < 1.29 is 0 Å². The molecule has 2 heterocycles. The summed E-state index contributed by atoms with van der Waals surface area (Å²) < 4.78 is 0. The monoisotopic (exact) mass is 174 g/mol. The second-order valence-corrected chi connectivity index (χ2v) is 3.26. The fourth-order valence-electron chi connectivity index (χ4n) is 1.15. The average molecular weight is 174 g/mol. The summed E-state index contributed by atoms with van der Waals surface area (Å²) in [5.41, 5.74) is 1.85. The zero-order valence-corrected chi connectivity index (χ0v) is 7.60. The standard InChI is InChI=1S/C9H10N4/c1-6(2)8-3-7-4-11-13-12-9(7)5-10-8/h3-6H,1-2H3. The minimum absolute atomic E-state index is 0.428. The molecule has 2 aromatic rings. The van der Waals surface area contributed by atoms with Gasteiger partial charge in [-0.3, -0.25) is 4.98 Å². The maximum absolute atomic E-state index is 4.28. The van der Waals surface area contributed by atoms with E-state index in [2.05, 4.69) is 34.2 Å². The fraction of sp³-hybridized carbons (Fsp3) is 0.333. The van der Waals surface area contributed by atoms with E-state index >= 15 is 0 Å². The van der Waals surface area contributed by atoms with Crippen LogP contribution in [0.1, 0.15) is 25.5 Å². The predicted octanol–water partition coefficient (Wildman–Crippen LogP) is 1.54. The first kappa shape index (κ1) is 8.04. The van der Waals surface area contributed by atoms with Crippen LogP contribution in [0.15, 0.2) is 18.5 Å². The highest BCUT2D eigenvalue weighted by atomic mass is 15.3. The zero-order chi connectivity index (χ0) is 9.26. The van der Waals surface area contributed by atoms with Gasteiger partial charge in [-0.2, -0.15) is 0 Å². The topological polar surface area (TPSA) is 51.6 Å². The van der Waals surface area contributed by atoms with Crippen LogP contribution in [-0.4, -0.2) is 20.4 Å². The molecule has 0 saturated carbocycles. The molecule has 0 aliphatic carbocycles. The third-order valence-corrected chi connectivity index (χ3v) is 1.93. The SMILES string of the molecule is CC(C)c1cc2cnnnc2cn1. The Hall–Kier alpha value is -1.58. The van der Waals surface area contributed by atoms with E-state index < -0.39 is 0 Å². The lowest BCUT2D eigenvalue weighted by molar-refractivity contribution is 0.821. The molecule has 4 nitrogen and oxygen atoms in total. The minimum atomic E-state index is 0.428. The van der Waals surface area contributed by atoms with Gasteiger partial charge in [0.25, 0.3) is 0 Å². The van der Waals surface area contributed by atoms with Gasteiger partial charge in [0.2, 0.25) is 0 Å². The number of fused-ring (bicyclic) bond motifs is 1. The molecule has 0 aromatic carbocycles. The van der Waals surface area contributed by atoms with Gasteiger partial charge in [-0.15, -0.1) is 10.2 Å². The van der Waals surface area contributed by atoms with E-state index in [1.807, 2.05) is 6.07 Å². The molecular weight excluding hydrogens is 164 g/mol. The largest absolute Gasteiger partial charge is 0.259 e. The molecule has 2 rings (SSSR count). The minimum Gasteiger partial charge on any atom is -0.259 e. The fourth-order valence-corrected chi connectivity index (χ4v) is 1.15. The molecule has 0 saturated heterocycles. The van der Waals surface area contributed by atoms with Crippen LogP contribution in [0.5, 0.6) is 0 Å². The van der Waals surface area contributed by atoms with Crippen LogP contribution >= 0.6 is 0 Å². The highest BCUT2D eigenvalue weighted by Gasteiger charge is 2.02.